The molecule has 1 amide bonds. The number of phenolic OH excluding ortho intramolecular Hbond substituents is 1. The summed E-state index contributed by atoms with van der Waals surface area (Å²) >= 11 is 0. The summed E-state index contributed by atoms with van der Waals surface area (Å²) in [6.45, 7) is 0. The van der Waals surface area contributed by atoms with E-state index in [1.807, 2.05) is 0 Å². The topological polar surface area (TPSA) is 57.6 Å². The molecule has 0 radical (unpaired) electrons. The summed E-state index contributed by atoms with van der Waals surface area (Å²) in [5.74, 6) is -6.98. The summed E-state index contributed by atoms with van der Waals surface area (Å²) in [6, 6.07) is 0.154. The van der Waals surface area contributed by atoms with Gasteiger partial charge in [0, 0.05) is 25.9 Å². The first-order valence-electron chi connectivity index (χ1n) is 6.48. The summed E-state index contributed by atoms with van der Waals surface area (Å²) in [5, 5.41) is 9.14. The quantitative estimate of drug-likeness (QED) is 0.853. The Morgan fingerprint density at radius 1 is 1.24 bits per heavy atom. The molecular formula is C14H14F3NO3. The van der Waals surface area contributed by atoms with E-state index in [4.69, 9.17) is 5.11 Å². The SMILES string of the molecule is CN(C(=O)c1cc(F)c(F)c(O)c1F)C1CCC(=O)CC1. The van der Waals surface area contributed by atoms with Crippen LogP contribution in [0.15, 0.2) is 6.07 Å². The Bertz CT molecular complexity index is 594. The molecule has 7 heteroatoms. The zero-order valence-electron chi connectivity index (χ0n) is 11.3. The zero-order valence-corrected chi connectivity index (χ0v) is 11.3. The first-order chi connectivity index (χ1) is 9.82. The van der Waals surface area contributed by atoms with E-state index in [1.54, 1.807) is 0 Å². The Balaban J connectivity index is 2.26. The fraction of sp³-hybridized carbons (Fsp3) is 0.429. The van der Waals surface area contributed by atoms with Gasteiger partial charge in [-0.05, 0) is 18.9 Å². The van der Waals surface area contributed by atoms with E-state index in [0.29, 0.717) is 31.7 Å². The molecule has 1 aromatic carbocycles. The lowest BCUT2D eigenvalue weighted by atomic mass is 9.93. The maximum atomic E-state index is 13.7. The number of carbonyl (C=O) groups is 2. The lowest BCUT2D eigenvalue weighted by molar-refractivity contribution is -0.121. The van der Waals surface area contributed by atoms with Gasteiger partial charge < -0.3 is 10.0 Å². The van der Waals surface area contributed by atoms with Gasteiger partial charge in [-0.3, -0.25) is 9.59 Å². The van der Waals surface area contributed by atoms with E-state index >= 15 is 0 Å². The minimum absolute atomic E-state index is 0.101. The molecule has 1 aliphatic rings. The van der Waals surface area contributed by atoms with Crippen LogP contribution >= 0.6 is 0 Å². The molecular weight excluding hydrogens is 287 g/mol. The highest BCUT2D eigenvalue weighted by molar-refractivity contribution is 5.95. The zero-order chi connectivity index (χ0) is 15.7. The third-order valence-electron chi connectivity index (χ3n) is 3.74. The van der Waals surface area contributed by atoms with Crippen molar-refractivity contribution in [3.8, 4) is 5.75 Å². The van der Waals surface area contributed by atoms with Crippen molar-refractivity contribution in [3.63, 3.8) is 0 Å². The van der Waals surface area contributed by atoms with Gasteiger partial charge in [-0.15, -0.1) is 0 Å². The highest BCUT2D eigenvalue weighted by Crippen LogP contribution is 2.28. The normalized spacial score (nSPS) is 16.1. The van der Waals surface area contributed by atoms with Crippen molar-refractivity contribution in [1.82, 2.24) is 4.90 Å². The minimum Gasteiger partial charge on any atom is -0.503 e. The largest absolute Gasteiger partial charge is 0.503 e. The van der Waals surface area contributed by atoms with Crippen molar-refractivity contribution in [2.75, 3.05) is 7.05 Å². The Kier molecular flexibility index (Phi) is 4.20. The first kappa shape index (κ1) is 15.3. The molecule has 21 heavy (non-hydrogen) atoms. The molecule has 4 nitrogen and oxygen atoms in total. The van der Waals surface area contributed by atoms with Crippen LogP contribution in [-0.4, -0.2) is 34.8 Å². The second-order valence-corrected chi connectivity index (χ2v) is 5.07. The third kappa shape index (κ3) is 2.86. The fourth-order valence-corrected chi connectivity index (χ4v) is 2.41. The average molecular weight is 301 g/mol. The Hall–Kier alpha value is -2.05. The number of amides is 1. The maximum absolute atomic E-state index is 13.7. The molecule has 2 rings (SSSR count). The predicted octanol–water partition coefficient (Wildman–Crippen LogP) is 2.39. The maximum Gasteiger partial charge on any atom is 0.257 e. The highest BCUT2D eigenvalue weighted by atomic mass is 19.2. The average Bonchev–Trinajstić information content (AvgIpc) is 2.48. The van der Waals surface area contributed by atoms with Gasteiger partial charge in [-0.1, -0.05) is 0 Å². The van der Waals surface area contributed by atoms with Crippen LogP contribution in [0.2, 0.25) is 0 Å². The van der Waals surface area contributed by atoms with Gasteiger partial charge >= 0.3 is 0 Å². The number of phenols is 1. The summed E-state index contributed by atoms with van der Waals surface area (Å²) in [6.07, 6.45) is 1.54. The number of ketones is 1. The fourth-order valence-electron chi connectivity index (χ4n) is 2.41. The van der Waals surface area contributed by atoms with Crippen LogP contribution in [-0.2, 0) is 4.79 Å². The summed E-state index contributed by atoms with van der Waals surface area (Å²) < 4.78 is 40.0. The number of hydrogen-bond donors (Lipinski definition) is 1. The van der Waals surface area contributed by atoms with Crippen LogP contribution in [0, 0.1) is 17.5 Å². The van der Waals surface area contributed by atoms with Gasteiger partial charge in [0.1, 0.15) is 5.78 Å². The summed E-state index contributed by atoms with van der Waals surface area (Å²) in [5.41, 5.74) is -0.731. The Labute approximate surface area is 119 Å². The van der Waals surface area contributed by atoms with Crippen LogP contribution < -0.4 is 0 Å². The summed E-state index contributed by atoms with van der Waals surface area (Å²) in [4.78, 5) is 24.5. The molecule has 1 saturated carbocycles. The van der Waals surface area contributed by atoms with Crippen molar-refractivity contribution in [3.05, 3.63) is 29.1 Å². The van der Waals surface area contributed by atoms with Crippen molar-refractivity contribution in [2.24, 2.45) is 0 Å². The van der Waals surface area contributed by atoms with Gasteiger partial charge in [0.25, 0.3) is 5.91 Å². The number of nitrogens with zero attached hydrogens (tertiary/aromatic N) is 1. The highest BCUT2D eigenvalue weighted by Gasteiger charge is 2.29. The second-order valence-electron chi connectivity index (χ2n) is 5.07. The van der Waals surface area contributed by atoms with E-state index in [-0.39, 0.29) is 11.8 Å². The van der Waals surface area contributed by atoms with Crippen LogP contribution in [0.25, 0.3) is 0 Å². The number of rotatable bonds is 2. The number of halogens is 3. The molecule has 0 atom stereocenters. The number of Topliss-reactive ketones (excluding diaryl/α,β-unsaturated/α-hetero) is 1. The van der Waals surface area contributed by atoms with Gasteiger partial charge in [0.15, 0.2) is 17.4 Å². The van der Waals surface area contributed by atoms with Crippen LogP contribution in [0.3, 0.4) is 0 Å². The molecule has 114 valence electrons. The number of carbonyl (C=O) groups excluding carboxylic acids is 2. The standard InChI is InChI=1S/C14H14F3NO3/c1-18(7-2-4-8(19)5-3-7)14(21)9-6-10(15)12(17)13(20)11(9)16/h6-7,20H,2-5H2,1H3. The number of aromatic hydroxyl groups is 1. The smallest absolute Gasteiger partial charge is 0.257 e. The molecule has 0 aliphatic heterocycles. The molecule has 0 bridgehead atoms. The molecule has 0 heterocycles. The molecule has 0 spiro atoms. The van der Waals surface area contributed by atoms with Crippen LogP contribution in [0.4, 0.5) is 13.2 Å². The Morgan fingerprint density at radius 3 is 2.38 bits per heavy atom. The lowest BCUT2D eigenvalue weighted by Gasteiger charge is -2.30. The van der Waals surface area contributed by atoms with Gasteiger partial charge in [0.05, 0.1) is 5.56 Å². The molecule has 0 aromatic heterocycles. The summed E-state index contributed by atoms with van der Waals surface area (Å²) in [7, 11) is 1.40. The van der Waals surface area contributed by atoms with Crippen molar-refractivity contribution < 1.29 is 27.9 Å². The monoisotopic (exact) mass is 301 g/mol. The third-order valence-corrected chi connectivity index (χ3v) is 3.74. The lowest BCUT2D eigenvalue weighted by Crippen LogP contribution is -2.40. The van der Waals surface area contributed by atoms with Crippen molar-refractivity contribution in [2.45, 2.75) is 31.7 Å². The predicted molar refractivity (Wildman–Crippen MR) is 67.3 cm³/mol. The Morgan fingerprint density at radius 2 is 1.81 bits per heavy atom. The van der Waals surface area contributed by atoms with Crippen molar-refractivity contribution >= 4 is 11.7 Å². The number of benzene rings is 1. The van der Waals surface area contributed by atoms with Crippen LogP contribution in [0.5, 0.6) is 5.75 Å². The van der Waals surface area contributed by atoms with E-state index in [0.717, 1.165) is 0 Å². The second kappa shape index (κ2) is 5.75. The number of hydrogen-bond acceptors (Lipinski definition) is 3. The molecule has 0 saturated heterocycles. The first-order valence-corrected chi connectivity index (χ1v) is 6.48. The molecule has 1 aromatic rings. The van der Waals surface area contributed by atoms with E-state index in [9.17, 15) is 22.8 Å². The van der Waals surface area contributed by atoms with Crippen LogP contribution in [0.1, 0.15) is 36.0 Å². The molecule has 1 aliphatic carbocycles. The van der Waals surface area contributed by atoms with Gasteiger partial charge in [0.2, 0.25) is 5.82 Å². The van der Waals surface area contributed by atoms with E-state index in [1.165, 1.54) is 11.9 Å². The van der Waals surface area contributed by atoms with Crippen molar-refractivity contribution in [1.29, 1.82) is 0 Å². The van der Waals surface area contributed by atoms with Gasteiger partial charge in [-0.2, -0.15) is 4.39 Å². The van der Waals surface area contributed by atoms with E-state index < -0.39 is 34.7 Å². The van der Waals surface area contributed by atoms with Gasteiger partial charge in [-0.25, -0.2) is 8.78 Å². The molecule has 1 N–H and O–H groups in total. The minimum atomic E-state index is -1.73. The molecule has 1 fully saturated rings. The molecule has 0 unspecified atom stereocenters. The van der Waals surface area contributed by atoms with E-state index in [2.05, 4.69) is 0 Å².